The molecule has 1 N–H and O–H groups in total. The Hall–Kier alpha value is -2.31. The third kappa shape index (κ3) is 2.84. The van der Waals surface area contributed by atoms with E-state index in [1.54, 1.807) is 17.0 Å². The van der Waals surface area contributed by atoms with Crippen molar-refractivity contribution in [2.75, 3.05) is 13.1 Å². The van der Waals surface area contributed by atoms with Gasteiger partial charge in [-0.1, -0.05) is 18.2 Å². The van der Waals surface area contributed by atoms with Gasteiger partial charge in [0.15, 0.2) is 0 Å². The summed E-state index contributed by atoms with van der Waals surface area (Å²) in [5.74, 6) is -0.249. The van der Waals surface area contributed by atoms with Crippen molar-refractivity contribution in [3.05, 3.63) is 53.3 Å². The van der Waals surface area contributed by atoms with Crippen molar-refractivity contribution in [3.63, 3.8) is 0 Å². The average molecular weight is 309 g/mol. The van der Waals surface area contributed by atoms with Crippen LogP contribution in [0.15, 0.2) is 36.5 Å². The Morgan fingerprint density at radius 3 is 2.82 bits per heavy atom. The molecule has 1 fully saturated rings. The number of hydrogen-bond donors (Lipinski definition) is 1. The first-order chi connectivity index (χ1) is 10.4. The van der Waals surface area contributed by atoms with Gasteiger partial charge in [-0.3, -0.25) is 9.89 Å². The first kappa shape index (κ1) is 14.6. The van der Waals surface area contributed by atoms with Crippen LogP contribution in [0.2, 0.25) is 0 Å². The molecule has 1 saturated heterocycles. The summed E-state index contributed by atoms with van der Waals surface area (Å²) in [4.78, 5) is 13.8. The molecule has 1 aliphatic rings. The van der Waals surface area contributed by atoms with Crippen LogP contribution in [0.25, 0.3) is 0 Å². The molecule has 1 aliphatic heterocycles. The van der Waals surface area contributed by atoms with Crippen molar-refractivity contribution >= 4 is 5.91 Å². The fourth-order valence-electron chi connectivity index (χ4n) is 2.73. The van der Waals surface area contributed by atoms with Crippen LogP contribution in [-0.4, -0.2) is 34.1 Å². The molecule has 3 rings (SSSR count). The van der Waals surface area contributed by atoms with Crippen molar-refractivity contribution in [2.45, 2.75) is 18.5 Å². The highest BCUT2D eigenvalue weighted by molar-refractivity contribution is 5.92. The summed E-state index contributed by atoms with van der Waals surface area (Å²) in [6, 6.07) is 6.92. The SMILES string of the molecule is O=C(c1ccn[nH]1)N1CC[C@H](c2cccc(C(F)(F)F)c2)C1. The summed E-state index contributed by atoms with van der Waals surface area (Å²) in [7, 11) is 0. The largest absolute Gasteiger partial charge is 0.416 e. The van der Waals surface area contributed by atoms with Crippen LogP contribution in [0.3, 0.4) is 0 Å². The molecular weight excluding hydrogens is 295 g/mol. The number of aromatic amines is 1. The molecule has 2 heterocycles. The van der Waals surface area contributed by atoms with Gasteiger partial charge in [0.1, 0.15) is 5.69 Å². The maximum absolute atomic E-state index is 12.8. The number of halogens is 3. The zero-order valence-electron chi connectivity index (χ0n) is 11.6. The van der Waals surface area contributed by atoms with Crippen molar-refractivity contribution in [1.82, 2.24) is 15.1 Å². The number of carbonyl (C=O) groups excluding carboxylic acids is 1. The van der Waals surface area contributed by atoms with Gasteiger partial charge in [0.2, 0.25) is 0 Å². The molecule has 7 heteroatoms. The van der Waals surface area contributed by atoms with E-state index in [0.29, 0.717) is 30.8 Å². The van der Waals surface area contributed by atoms with Crippen molar-refractivity contribution in [3.8, 4) is 0 Å². The van der Waals surface area contributed by atoms with Gasteiger partial charge in [-0.05, 0) is 24.1 Å². The number of alkyl halides is 3. The molecule has 0 aliphatic carbocycles. The molecule has 1 atom stereocenters. The highest BCUT2D eigenvalue weighted by Crippen LogP contribution is 2.33. The molecule has 22 heavy (non-hydrogen) atoms. The second-order valence-corrected chi connectivity index (χ2v) is 5.33. The Morgan fingerprint density at radius 2 is 2.14 bits per heavy atom. The Balaban J connectivity index is 1.74. The molecule has 1 aromatic heterocycles. The maximum Gasteiger partial charge on any atom is 0.416 e. The topological polar surface area (TPSA) is 49.0 Å². The van der Waals surface area contributed by atoms with Gasteiger partial charge in [0, 0.05) is 25.2 Å². The summed E-state index contributed by atoms with van der Waals surface area (Å²) < 4.78 is 38.3. The van der Waals surface area contributed by atoms with Gasteiger partial charge in [0.25, 0.3) is 5.91 Å². The number of likely N-dealkylation sites (tertiary alicyclic amines) is 1. The van der Waals surface area contributed by atoms with E-state index in [-0.39, 0.29) is 11.8 Å². The fourth-order valence-corrected chi connectivity index (χ4v) is 2.73. The van der Waals surface area contributed by atoms with Gasteiger partial charge >= 0.3 is 6.18 Å². The Kier molecular flexibility index (Phi) is 3.64. The van der Waals surface area contributed by atoms with Gasteiger partial charge in [-0.25, -0.2) is 0 Å². The van der Waals surface area contributed by atoms with E-state index in [2.05, 4.69) is 10.2 Å². The highest BCUT2D eigenvalue weighted by atomic mass is 19.4. The number of H-pyrrole nitrogens is 1. The smallest absolute Gasteiger partial charge is 0.337 e. The molecule has 0 unspecified atom stereocenters. The molecule has 0 bridgehead atoms. The van der Waals surface area contributed by atoms with Crippen LogP contribution in [0, 0.1) is 0 Å². The number of benzene rings is 1. The predicted molar refractivity (Wildman–Crippen MR) is 73.3 cm³/mol. The lowest BCUT2D eigenvalue weighted by atomic mass is 9.96. The minimum Gasteiger partial charge on any atom is -0.337 e. The molecule has 116 valence electrons. The number of hydrogen-bond acceptors (Lipinski definition) is 2. The van der Waals surface area contributed by atoms with Gasteiger partial charge in [0.05, 0.1) is 5.56 Å². The fraction of sp³-hybridized carbons (Fsp3) is 0.333. The van der Waals surface area contributed by atoms with E-state index in [9.17, 15) is 18.0 Å². The van der Waals surface area contributed by atoms with Crippen molar-refractivity contribution in [1.29, 1.82) is 0 Å². The van der Waals surface area contributed by atoms with E-state index in [1.165, 1.54) is 18.3 Å². The normalized spacial score (nSPS) is 18.7. The van der Waals surface area contributed by atoms with E-state index < -0.39 is 11.7 Å². The zero-order valence-corrected chi connectivity index (χ0v) is 11.6. The molecule has 1 aromatic carbocycles. The monoisotopic (exact) mass is 309 g/mol. The summed E-state index contributed by atoms with van der Waals surface area (Å²) in [5.41, 5.74) is 0.364. The molecule has 1 amide bonds. The Labute approximate surface area is 124 Å². The van der Waals surface area contributed by atoms with Gasteiger partial charge in [-0.2, -0.15) is 18.3 Å². The third-order valence-corrected chi connectivity index (χ3v) is 3.89. The van der Waals surface area contributed by atoms with E-state index in [1.807, 2.05) is 0 Å². The summed E-state index contributed by atoms with van der Waals surface area (Å²) in [6.45, 7) is 0.942. The number of aromatic nitrogens is 2. The number of nitrogens with one attached hydrogen (secondary N) is 1. The molecule has 4 nitrogen and oxygen atoms in total. The average Bonchev–Trinajstić information content (AvgIpc) is 3.17. The Bertz CT molecular complexity index is 667. The molecule has 2 aromatic rings. The van der Waals surface area contributed by atoms with E-state index in [0.717, 1.165) is 6.07 Å². The van der Waals surface area contributed by atoms with Crippen molar-refractivity contribution in [2.24, 2.45) is 0 Å². The van der Waals surface area contributed by atoms with Crippen LogP contribution in [-0.2, 0) is 6.18 Å². The highest BCUT2D eigenvalue weighted by Gasteiger charge is 2.33. The van der Waals surface area contributed by atoms with Crippen LogP contribution >= 0.6 is 0 Å². The van der Waals surface area contributed by atoms with Crippen LogP contribution < -0.4 is 0 Å². The first-order valence-electron chi connectivity index (χ1n) is 6.91. The standard InChI is InChI=1S/C15H14F3N3O/c16-15(17,18)12-3-1-2-10(8-12)11-5-7-21(9-11)14(22)13-4-6-19-20-13/h1-4,6,8,11H,5,7,9H2,(H,19,20)/t11-/m0/s1. The Morgan fingerprint density at radius 1 is 1.32 bits per heavy atom. The zero-order chi connectivity index (χ0) is 15.7. The quantitative estimate of drug-likeness (QED) is 0.927. The molecular formula is C15H14F3N3O. The summed E-state index contributed by atoms with van der Waals surface area (Å²) >= 11 is 0. The third-order valence-electron chi connectivity index (χ3n) is 3.89. The summed E-state index contributed by atoms with van der Waals surface area (Å²) in [6.07, 6.45) is -2.20. The minimum atomic E-state index is -4.35. The lowest BCUT2D eigenvalue weighted by Gasteiger charge is -2.16. The predicted octanol–water partition coefficient (Wildman–Crippen LogP) is 3.06. The van der Waals surface area contributed by atoms with Gasteiger partial charge in [-0.15, -0.1) is 0 Å². The van der Waals surface area contributed by atoms with E-state index >= 15 is 0 Å². The lowest BCUT2D eigenvalue weighted by molar-refractivity contribution is -0.137. The first-order valence-corrected chi connectivity index (χ1v) is 6.91. The molecule has 0 saturated carbocycles. The lowest BCUT2D eigenvalue weighted by Crippen LogP contribution is -2.28. The number of nitrogens with zero attached hydrogens (tertiary/aromatic N) is 2. The molecule has 0 spiro atoms. The maximum atomic E-state index is 12.8. The minimum absolute atomic E-state index is 0.0748. The van der Waals surface area contributed by atoms with Gasteiger partial charge < -0.3 is 4.90 Å². The second kappa shape index (κ2) is 5.47. The number of carbonyl (C=O) groups is 1. The van der Waals surface area contributed by atoms with Crippen LogP contribution in [0.1, 0.15) is 34.0 Å². The van der Waals surface area contributed by atoms with Crippen LogP contribution in [0.4, 0.5) is 13.2 Å². The second-order valence-electron chi connectivity index (χ2n) is 5.33. The van der Waals surface area contributed by atoms with Crippen LogP contribution in [0.5, 0.6) is 0 Å². The molecule has 0 radical (unpaired) electrons. The summed E-state index contributed by atoms with van der Waals surface area (Å²) in [5, 5.41) is 6.34. The number of amides is 1. The number of rotatable bonds is 2. The van der Waals surface area contributed by atoms with Crippen molar-refractivity contribution < 1.29 is 18.0 Å². The van der Waals surface area contributed by atoms with E-state index in [4.69, 9.17) is 0 Å².